The van der Waals surface area contributed by atoms with Gasteiger partial charge in [0.05, 0.1) is 0 Å². The molecular weight excluding hydrogens is 304 g/mol. The smallest absolute Gasteiger partial charge is 0.387 e. The maximum atomic E-state index is 12.3. The Morgan fingerprint density at radius 3 is 2.65 bits per heavy atom. The van der Waals surface area contributed by atoms with Crippen LogP contribution in [0.15, 0.2) is 47.4 Å². The van der Waals surface area contributed by atoms with Crippen LogP contribution in [0.5, 0.6) is 5.75 Å². The number of nitrogens with two attached hydrogens (primary N) is 1. The van der Waals surface area contributed by atoms with Gasteiger partial charge in [-0.1, -0.05) is 23.7 Å². The number of hydrogen-bond donors (Lipinski definition) is 1. The summed E-state index contributed by atoms with van der Waals surface area (Å²) in [5.74, 6) is 0.572. The highest BCUT2D eigenvalue weighted by Crippen LogP contribution is 2.33. The molecule has 0 amide bonds. The van der Waals surface area contributed by atoms with Gasteiger partial charge in [0.2, 0.25) is 0 Å². The highest BCUT2D eigenvalue weighted by molar-refractivity contribution is 7.98. The Morgan fingerprint density at radius 1 is 1.20 bits per heavy atom. The Hall–Kier alpha value is -1.46. The molecule has 106 valence electrons. The number of para-hydroxylation sites is 1. The van der Waals surface area contributed by atoms with E-state index in [0.717, 1.165) is 4.90 Å². The fourth-order valence-electron chi connectivity index (χ4n) is 1.64. The average Bonchev–Trinajstić information content (AvgIpc) is 2.40. The van der Waals surface area contributed by atoms with Crippen LogP contribution in [0.3, 0.4) is 0 Å². The van der Waals surface area contributed by atoms with Gasteiger partial charge in [-0.15, -0.1) is 11.8 Å². The summed E-state index contributed by atoms with van der Waals surface area (Å²) in [5.41, 5.74) is 7.09. The zero-order valence-electron chi connectivity index (χ0n) is 10.4. The molecule has 0 aliphatic heterocycles. The number of hydrogen-bond acceptors (Lipinski definition) is 3. The molecule has 6 heteroatoms. The molecule has 0 unspecified atom stereocenters. The maximum absolute atomic E-state index is 12.3. The second kappa shape index (κ2) is 6.81. The zero-order valence-corrected chi connectivity index (χ0v) is 11.9. The van der Waals surface area contributed by atoms with Gasteiger partial charge in [-0.25, -0.2) is 0 Å². The van der Waals surface area contributed by atoms with Crippen molar-refractivity contribution in [1.29, 1.82) is 0 Å². The predicted octanol–water partition coefficient (Wildman–Crippen LogP) is 4.82. The standard InChI is InChI=1S/C14H12ClF2NOS/c15-10-5-6-12(19-14(16)17)9(7-10)8-20-13-4-2-1-3-11(13)18/h1-7,14H,8,18H2. The molecule has 2 nitrogen and oxygen atoms in total. The molecule has 0 aliphatic carbocycles. The average molecular weight is 316 g/mol. The summed E-state index contributed by atoms with van der Waals surface area (Å²) in [6.45, 7) is -2.86. The largest absolute Gasteiger partial charge is 0.435 e. The van der Waals surface area contributed by atoms with E-state index in [1.54, 1.807) is 12.1 Å². The molecule has 0 bridgehead atoms. The Balaban J connectivity index is 2.16. The summed E-state index contributed by atoms with van der Waals surface area (Å²) >= 11 is 7.33. The van der Waals surface area contributed by atoms with Crippen LogP contribution in [0.4, 0.5) is 14.5 Å². The van der Waals surface area contributed by atoms with Gasteiger partial charge in [-0.05, 0) is 30.3 Å². The molecule has 0 aliphatic rings. The van der Waals surface area contributed by atoms with Crippen LogP contribution in [-0.4, -0.2) is 6.61 Å². The van der Waals surface area contributed by atoms with E-state index >= 15 is 0 Å². The van der Waals surface area contributed by atoms with Gasteiger partial charge in [0, 0.05) is 26.9 Å². The van der Waals surface area contributed by atoms with E-state index in [1.165, 1.54) is 23.9 Å². The minimum Gasteiger partial charge on any atom is -0.435 e. The van der Waals surface area contributed by atoms with Gasteiger partial charge in [0.15, 0.2) is 0 Å². The SMILES string of the molecule is Nc1ccccc1SCc1cc(Cl)ccc1OC(F)F. The third-order valence-electron chi connectivity index (χ3n) is 2.54. The van der Waals surface area contributed by atoms with Crippen LogP contribution in [0, 0.1) is 0 Å². The van der Waals surface area contributed by atoms with Gasteiger partial charge in [-0.3, -0.25) is 0 Å². The number of rotatable bonds is 5. The summed E-state index contributed by atoms with van der Waals surface area (Å²) in [7, 11) is 0. The summed E-state index contributed by atoms with van der Waals surface area (Å²) in [5, 5.41) is 0.475. The second-order valence-electron chi connectivity index (χ2n) is 3.96. The van der Waals surface area contributed by atoms with Crippen molar-refractivity contribution in [3.8, 4) is 5.75 Å². The number of thioether (sulfide) groups is 1. The molecule has 2 N–H and O–H groups in total. The Kier molecular flexibility index (Phi) is 5.09. The molecule has 0 radical (unpaired) electrons. The predicted molar refractivity (Wildman–Crippen MR) is 78.5 cm³/mol. The first-order valence-corrected chi connectivity index (χ1v) is 7.13. The van der Waals surface area contributed by atoms with Crippen LogP contribution in [-0.2, 0) is 5.75 Å². The monoisotopic (exact) mass is 315 g/mol. The van der Waals surface area contributed by atoms with Crippen LogP contribution in [0.2, 0.25) is 5.02 Å². The molecule has 20 heavy (non-hydrogen) atoms. The maximum Gasteiger partial charge on any atom is 0.387 e. The second-order valence-corrected chi connectivity index (χ2v) is 5.41. The topological polar surface area (TPSA) is 35.2 Å². The van der Waals surface area contributed by atoms with Crippen LogP contribution >= 0.6 is 23.4 Å². The fourth-order valence-corrected chi connectivity index (χ4v) is 2.78. The van der Waals surface area contributed by atoms with Crippen molar-refractivity contribution < 1.29 is 13.5 Å². The minimum atomic E-state index is -2.86. The van der Waals surface area contributed by atoms with Gasteiger partial charge in [0.25, 0.3) is 0 Å². The summed E-state index contributed by atoms with van der Waals surface area (Å²) in [6.07, 6.45) is 0. The third-order valence-corrected chi connectivity index (χ3v) is 3.91. The van der Waals surface area contributed by atoms with E-state index < -0.39 is 6.61 Å². The molecule has 2 aromatic carbocycles. The first kappa shape index (κ1) is 14.9. The van der Waals surface area contributed by atoms with Crippen LogP contribution in [0.25, 0.3) is 0 Å². The van der Waals surface area contributed by atoms with E-state index in [0.29, 0.717) is 22.0 Å². The lowest BCUT2D eigenvalue weighted by molar-refractivity contribution is -0.0503. The first-order chi connectivity index (χ1) is 9.56. The van der Waals surface area contributed by atoms with E-state index in [2.05, 4.69) is 4.74 Å². The molecule has 0 atom stereocenters. The highest BCUT2D eigenvalue weighted by Gasteiger charge is 2.11. The van der Waals surface area contributed by atoms with Crippen molar-refractivity contribution in [1.82, 2.24) is 0 Å². The van der Waals surface area contributed by atoms with E-state index in [4.69, 9.17) is 17.3 Å². The lowest BCUT2D eigenvalue weighted by atomic mass is 10.2. The van der Waals surface area contributed by atoms with Crippen molar-refractivity contribution in [3.05, 3.63) is 53.1 Å². The molecule has 2 aromatic rings. The summed E-state index contributed by atoms with van der Waals surface area (Å²) in [6, 6.07) is 11.9. The van der Waals surface area contributed by atoms with Crippen LogP contribution < -0.4 is 10.5 Å². The number of halogens is 3. The summed E-state index contributed by atoms with van der Waals surface area (Å²) < 4.78 is 29.2. The van der Waals surface area contributed by atoms with E-state index in [-0.39, 0.29) is 5.75 Å². The van der Waals surface area contributed by atoms with Gasteiger partial charge in [-0.2, -0.15) is 8.78 Å². The van der Waals surface area contributed by atoms with E-state index in [1.807, 2.05) is 18.2 Å². The minimum absolute atomic E-state index is 0.131. The van der Waals surface area contributed by atoms with Crippen molar-refractivity contribution in [2.75, 3.05) is 5.73 Å². The first-order valence-electron chi connectivity index (χ1n) is 5.77. The molecule has 0 fully saturated rings. The molecule has 0 saturated heterocycles. The number of alkyl halides is 2. The molecular formula is C14H12ClF2NOS. The van der Waals surface area contributed by atoms with Crippen molar-refractivity contribution in [3.63, 3.8) is 0 Å². The molecule has 2 rings (SSSR count). The number of anilines is 1. The fraction of sp³-hybridized carbons (Fsp3) is 0.143. The molecule has 0 spiro atoms. The number of benzene rings is 2. The summed E-state index contributed by atoms with van der Waals surface area (Å²) in [4.78, 5) is 0.885. The van der Waals surface area contributed by atoms with Crippen molar-refractivity contribution in [2.45, 2.75) is 17.3 Å². The van der Waals surface area contributed by atoms with Gasteiger partial charge < -0.3 is 10.5 Å². The highest BCUT2D eigenvalue weighted by atomic mass is 35.5. The Morgan fingerprint density at radius 2 is 1.95 bits per heavy atom. The zero-order chi connectivity index (χ0) is 14.5. The Bertz CT molecular complexity index is 595. The van der Waals surface area contributed by atoms with Crippen molar-refractivity contribution in [2.24, 2.45) is 0 Å². The lowest BCUT2D eigenvalue weighted by Crippen LogP contribution is -2.04. The normalized spacial score (nSPS) is 10.8. The van der Waals surface area contributed by atoms with Gasteiger partial charge >= 0.3 is 6.61 Å². The third kappa shape index (κ3) is 4.02. The lowest BCUT2D eigenvalue weighted by Gasteiger charge is -2.11. The van der Waals surface area contributed by atoms with Crippen molar-refractivity contribution >= 4 is 29.1 Å². The van der Waals surface area contributed by atoms with Gasteiger partial charge in [0.1, 0.15) is 5.75 Å². The molecule has 0 heterocycles. The number of nitrogen functional groups attached to an aromatic ring is 1. The molecule has 0 saturated carbocycles. The number of ether oxygens (including phenoxy) is 1. The quantitative estimate of drug-likeness (QED) is 0.635. The van der Waals surface area contributed by atoms with E-state index in [9.17, 15) is 8.78 Å². The van der Waals surface area contributed by atoms with Crippen LogP contribution in [0.1, 0.15) is 5.56 Å². The Labute approximate surface area is 124 Å². The molecule has 0 aromatic heterocycles.